The van der Waals surface area contributed by atoms with Gasteiger partial charge in [0.05, 0.1) is 183 Å². The molecule has 1 fully saturated rings. The molecule has 2 N–H and O–H groups in total. The molecule has 2 aliphatic heterocycles. The van der Waals surface area contributed by atoms with E-state index in [0.717, 1.165) is 4.90 Å². The highest BCUT2D eigenvalue weighted by Gasteiger charge is 2.45. The standard InChI is InChI=1S/C57H80N4O19/c1-60(57(66)80-43-49-46-9-4-2-7-44(46)45-8-3-5-10-47(45)49)16-18-68-20-22-70-24-26-72-28-30-74-32-34-76-36-38-78-40-42-79-41-39-77-37-35-75-33-31-73-29-27-71-25-23-69-21-19-67-17-15-58-50-12-6-11-48-53(50)56(65)61(55(48)64)51-13-14-52(62)59-54(51)63/h2-12,49,51,58H,13-43H2,1H3,(H,59,62,63). The van der Waals surface area contributed by atoms with Crippen molar-refractivity contribution in [2.75, 3.05) is 204 Å². The fourth-order valence-corrected chi connectivity index (χ4v) is 8.66. The van der Waals surface area contributed by atoms with E-state index in [1.807, 2.05) is 24.3 Å². The summed E-state index contributed by atoms with van der Waals surface area (Å²) in [7, 11) is 1.71. The van der Waals surface area contributed by atoms with Crippen LogP contribution < -0.4 is 10.6 Å². The smallest absolute Gasteiger partial charge is 0.409 e. The summed E-state index contributed by atoms with van der Waals surface area (Å²) in [6, 6.07) is 20.4. The molecular weight excluding hydrogens is 1040 g/mol. The Bertz CT molecular complexity index is 2260. The van der Waals surface area contributed by atoms with Crippen molar-refractivity contribution in [2.45, 2.75) is 24.8 Å². The van der Waals surface area contributed by atoms with Gasteiger partial charge >= 0.3 is 6.09 Å². The molecule has 3 aromatic carbocycles. The Kier molecular flexibility index (Phi) is 30.4. The van der Waals surface area contributed by atoms with Crippen molar-refractivity contribution in [1.29, 1.82) is 0 Å². The highest BCUT2D eigenvalue weighted by atomic mass is 16.6. The second kappa shape index (κ2) is 38.2. The van der Waals surface area contributed by atoms with E-state index in [1.54, 1.807) is 25.2 Å². The molecule has 3 aliphatic rings. The Balaban J connectivity index is 0.583. The number of fused-ring (bicyclic) bond motifs is 4. The van der Waals surface area contributed by atoms with Gasteiger partial charge in [0, 0.05) is 38.2 Å². The fraction of sp³-hybridized carbons (Fsp3) is 0.596. The average molecular weight is 1130 g/mol. The second-order valence-electron chi connectivity index (χ2n) is 18.3. The third kappa shape index (κ3) is 22.1. The second-order valence-corrected chi connectivity index (χ2v) is 18.3. The number of hydrogen-bond donors (Lipinski definition) is 2. The molecule has 0 saturated carbocycles. The number of imide groups is 2. The van der Waals surface area contributed by atoms with Crippen molar-refractivity contribution < 1.29 is 90.3 Å². The summed E-state index contributed by atoms with van der Waals surface area (Å²) < 4.78 is 77.8. The van der Waals surface area contributed by atoms with Crippen molar-refractivity contribution in [1.82, 2.24) is 15.1 Å². The SMILES string of the molecule is CN(CCOCCOCCOCCOCCOCCOCCOCCOCCOCCOCCOCCOCCOCCNc1cccc2c1C(=O)N(C1CCC(=O)NC1=O)C2=O)C(=O)OCC1c2ccccc2-c2ccccc21. The van der Waals surface area contributed by atoms with E-state index in [0.29, 0.717) is 191 Å². The number of piperidine rings is 1. The Hall–Kier alpha value is -5.51. The van der Waals surface area contributed by atoms with Crippen molar-refractivity contribution in [3.05, 3.63) is 89.0 Å². The van der Waals surface area contributed by atoms with Gasteiger partial charge in [-0.15, -0.1) is 0 Å². The van der Waals surface area contributed by atoms with Gasteiger partial charge in [-0.25, -0.2) is 4.79 Å². The number of nitrogens with one attached hydrogen (secondary N) is 2. The van der Waals surface area contributed by atoms with Crippen LogP contribution in [-0.4, -0.2) is 244 Å². The monoisotopic (exact) mass is 1120 g/mol. The summed E-state index contributed by atoms with van der Waals surface area (Å²) in [5.74, 6) is -2.16. The maximum Gasteiger partial charge on any atom is 0.409 e. The van der Waals surface area contributed by atoms with Crippen molar-refractivity contribution in [2.24, 2.45) is 0 Å². The number of hydrogen-bond acceptors (Lipinski definition) is 20. The Morgan fingerprint density at radius 3 is 1.31 bits per heavy atom. The maximum absolute atomic E-state index is 13.2. The molecule has 6 rings (SSSR count). The molecular formula is C57H80N4O19. The number of nitrogens with zero attached hydrogens (tertiary/aromatic N) is 2. The van der Waals surface area contributed by atoms with E-state index in [1.165, 1.54) is 27.2 Å². The van der Waals surface area contributed by atoms with Gasteiger partial charge in [-0.2, -0.15) is 0 Å². The zero-order valence-electron chi connectivity index (χ0n) is 46.1. The van der Waals surface area contributed by atoms with E-state index in [9.17, 15) is 24.0 Å². The fourth-order valence-electron chi connectivity index (χ4n) is 8.66. The van der Waals surface area contributed by atoms with Gasteiger partial charge in [-0.1, -0.05) is 54.6 Å². The largest absolute Gasteiger partial charge is 0.448 e. The normalized spacial score (nSPS) is 14.9. The predicted octanol–water partition coefficient (Wildman–Crippen LogP) is 3.60. The van der Waals surface area contributed by atoms with Crippen LogP contribution in [0, 0.1) is 0 Å². The number of benzene rings is 3. The molecule has 1 unspecified atom stereocenters. The molecule has 0 radical (unpaired) electrons. The van der Waals surface area contributed by atoms with Crippen molar-refractivity contribution in [3.63, 3.8) is 0 Å². The lowest BCUT2D eigenvalue weighted by Crippen LogP contribution is -2.54. The summed E-state index contributed by atoms with van der Waals surface area (Å²) >= 11 is 0. The number of amides is 5. The molecule has 2 heterocycles. The maximum atomic E-state index is 13.2. The topological polar surface area (TPSA) is 245 Å². The van der Waals surface area contributed by atoms with Crippen LogP contribution in [0.15, 0.2) is 66.7 Å². The van der Waals surface area contributed by atoms with E-state index in [4.69, 9.17) is 66.3 Å². The van der Waals surface area contributed by atoms with Gasteiger partial charge < -0.3 is 76.5 Å². The first-order valence-corrected chi connectivity index (χ1v) is 27.5. The summed E-state index contributed by atoms with van der Waals surface area (Å²) in [5, 5.41) is 5.34. The minimum atomic E-state index is -1.02. The first kappa shape index (κ1) is 63.7. The van der Waals surface area contributed by atoms with Crippen LogP contribution in [0.3, 0.4) is 0 Å². The molecule has 1 aliphatic carbocycles. The summed E-state index contributed by atoms with van der Waals surface area (Å²) in [6.45, 7) is 12.4. The molecule has 23 nitrogen and oxygen atoms in total. The number of likely N-dealkylation sites (N-methyl/N-ethyl adjacent to an activating group) is 1. The van der Waals surface area contributed by atoms with Gasteiger partial charge in [-0.05, 0) is 40.8 Å². The van der Waals surface area contributed by atoms with Crippen LogP contribution in [0.4, 0.5) is 10.5 Å². The third-order valence-corrected chi connectivity index (χ3v) is 12.7. The van der Waals surface area contributed by atoms with Gasteiger partial charge in [0.25, 0.3) is 11.8 Å². The van der Waals surface area contributed by atoms with E-state index in [2.05, 4.69) is 34.9 Å². The Morgan fingerprint density at radius 2 is 0.887 bits per heavy atom. The van der Waals surface area contributed by atoms with Crippen molar-refractivity contribution in [3.8, 4) is 11.1 Å². The number of ether oxygens (including phenoxy) is 14. The summed E-state index contributed by atoms with van der Waals surface area (Å²) in [5.41, 5.74) is 5.65. The molecule has 1 atom stereocenters. The van der Waals surface area contributed by atoms with Crippen molar-refractivity contribution >= 4 is 35.4 Å². The summed E-state index contributed by atoms with van der Waals surface area (Å²) in [4.78, 5) is 65.2. The quantitative estimate of drug-likeness (QED) is 0.0606. The lowest BCUT2D eigenvalue weighted by molar-refractivity contribution is -0.136. The predicted molar refractivity (Wildman–Crippen MR) is 290 cm³/mol. The first-order valence-electron chi connectivity index (χ1n) is 27.5. The third-order valence-electron chi connectivity index (χ3n) is 12.7. The van der Waals surface area contributed by atoms with E-state index >= 15 is 0 Å². The highest BCUT2D eigenvalue weighted by Crippen LogP contribution is 2.44. The first-order chi connectivity index (χ1) is 39.3. The lowest BCUT2D eigenvalue weighted by atomic mass is 9.98. The highest BCUT2D eigenvalue weighted by molar-refractivity contribution is 6.25. The van der Waals surface area contributed by atoms with E-state index in [-0.39, 0.29) is 42.6 Å². The zero-order valence-corrected chi connectivity index (χ0v) is 46.1. The molecule has 23 heteroatoms. The Morgan fingerprint density at radius 1 is 0.500 bits per heavy atom. The molecule has 5 amide bonds. The molecule has 0 bridgehead atoms. The van der Waals surface area contributed by atoms with Crippen LogP contribution in [-0.2, 0) is 75.9 Å². The number of carbonyl (C=O) groups excluding carboxylic acids is 5. The van der Waals surface area contributed by atoms with Crippen LogP contribution in [0.5, 0.6) is 0 Å². The van der Waals surface area contributed by atoms with Gasteiger partial charge in [-0.3, -0.25) is 29.4 Å². The molecule has 80 heavy (non-hydrogen) atoms. The minimum Gasteiger partial charge on any atom is -0.448 e. The summed E-state index contributed by atoms with van der Waals surface area (Å²) in [6.07, 6.45) is -0.218. The van der Waals surface area contributed by atoms with Gasteiger partial charge in [0.15, 0.2) is 0 Å². The van der Waals surface area contributed by atoms with Crippen LogP contribution in [0.1, 0.15) is 50.6 Å². The molecule has 0 aromatic heterocycles. The number of anilines is 1. The van der Waals surface area contributed by atoms with Crippen LogP contribution in [0.25, 0.3) is 11.1 Å². The average Bonchev–Trinajstić information content (AvgIpc) is 3.93. The number of rotatable bonds is 46. The van der Waals surface area contributed by atoms with Crippen LogP contribution >= 0.6 is 0 Å². The van der Waals surface area contributed by atoms with Gasteiger partial charge in [0.1, 0.15) is 12.6 Å². The lowest BCUT2D eigenvalue weighted by Gasteiger charge is -2.27. The molecule has 3 aromatic rings. The van der Waals surface area contributed by atoms with Crippen LogP contribution in [0.2, 0.25) is 0 Å². The van der Waals surface area contributed by atoms with E-state index < -0.39 is 29.7 Å². The Labute approximate surface area is 468 Å². The molecule has 1 saturated heterocycles. The molecule has 442 valence electrons. The minimum absolute atomic E-state index is 0.0255. The molecule has 0 spiro atoms. The van der Waals surface area contributed by atoms with Gasteiger partial charge in [0.2, 0.25) is 11.8 Å². The zero-order chi connectivity index (χ0) is 56.2. The number of carbonyl (C=O) groups is 5.